The van der Waals surface area contributed by atoms with Crippen LogP contribution in [0.25, 0.3) is 0 Å². The Morgan fingerprint density at radius 2 is 2.20 bits per heavy atom. The van der Waals surface area contributed by atoms with E-state index in [4.69, 9.17) is 9.94 Å². The predicted octanol–water partition coefficient (Wildman–Crippen LogP) is 1.95. The molecule has 2 saturated heterocycles. The first-order chi connectivity index (χ1) is 7.36. The average molecular weight is 213 g/mol. The van der Waals surface area contributed by atoms with Crippen LogP contribution in [-0.2, 0) is 4.84 Å². The summed E-state index contributed by atoms with van der Waals surface area (Å²) in [7, 11) is 0. The molecule has 15 heavy (non-hydrogen) atoms. The van der Waals surface area contributed by atoms with Gasteiger partial charge in [-0.25, -0.2) is 0 Å². The third kappa shape index (κ3) is 2.35. The van der Waals surface area contributed by atoms with Crippen molar-refractivity contribution in [3.63, 3.8) is 0 Å². The molecule has 0 spiro atoms. The number of nitrogens with zero attached hydrogens (tertiary/aromatic N) is 1. The van der Waals surface area contributed by atoms with Gasteiger partial charge in [-0.15, -0.1) is 0 Å². The van der Waals surface area contributed by atoms with Gasteiger partial charge in [0.25, 0.3) is 0 Å². The minimum Gasteiger partial charge on any atom is -0.396 e. The van der Waals surface area contributed by atoms with Crippen LogP contribution < -0.4 is 0 Å². The van der Waals surface area contributed by atoms with Crippen LogP contribution in [-0.4, -0.2) is 35.5 Å². The van der Waals surface area contributed by atoms with Gasteiger partial charge >= 0.3 is 0 Å². The molecule has 0 aliphatic carbocycles. The van der Waals surface area contributed by atoms with Crippen molar-refractivity contribution < 1.29 is 9.94 Å². The van der Waals surface area contributed by atoms with E-state index in [1.165, 1.54) is 25.7 Å². The van der Waals surface area contributed by atoms with Crippen LogP contribution in [0.5, 0.6) is 0 Å². The molecule has 0 saturated carbocycles. The third-order valence-corrected chi connectivity index (χ3v) is 3.82. The second-order valence-corrected chi connectivity index (χ2v) is 4.87. The summed E-state index contributed by atoms with van der Waals surface area (Å²) in [6.07, 6.45) is 7.12. The van der Waals surface area contributed by atoms with Crippen molar-refractivity contribution in [1.29, 1.82) is 0 Å². The molecule has 2 aliphatic rings. The van der Waals surface area contributed by atoms with Crippen molar-refractivity contribution in [2.75, 3.05) is 13.2 Å². The Bertz CT molecular complexity index is 198. The van der Waals surface area contributed by atoms with Crippen molar-refractivity contribution >= 4 is 0 Å². The van der Waals surface area contributed by atoms with Crippen molar-refractivity contribution in [1.82, 2.24) is 5.06 Å². The maximum Gasteiger partial charge on any atom is 0.0729 e. The second kappa shape index (κ2) is 5.28. The summed E-state index contributed by atoms with van der Waals surface area (Å²) in [4.78, 5) is 5.80. The highest BCUT2D eigenvalue weighted by Crippen LogP contribution is 2.38. The zero-order chi connectivity index (χ0) is 10.7. The first-order valence-electron chi connectivity index (χ1n) is 6.39. The molecule has 88 valence electrons. The summed E-state index contributed by atoms with van der Waals surface area (Å²) in [5.74, 6) is 0.727. The normalized spacial score (nSPS) is 39.6. The van der Waals surface area contributed by atoms with E-state index in [9.17, 15) is 0 Å². The van der Waals surface area contributed by atoms with Gasteiger partial charge in [0.2, 0.25) is 0 Å². The van der Waals surface area contributed by atoms with Gasteiger partial charge in [0.15, 0.2) is 0 Å². The van der Waals surface area contributed by atoms with Crippen LogP contribution in [0.4, 0.5) is 0 Å². The Morgan fingerprint density at radius 1 is 1.33 bits per heavy atom. The zero-order valence-electron chi connectivity index (χ0n) is 9.69. The van der Waals surface area contributed by atoms with Gasteiger partial charge in [0, 0.05) is 24.6 Å². The van der Waals surface area contributed by atoms with Crippen LogP contribution >= 0.6 is 0 Å². The van der Waals surface area contributed by atoms with Crippen LogP contribution in [0.1, 0.15) is 45.4 Å². The Labute approximate surface area is 92.4 Å². The molecule has 3 nitrogen and oxygen atoms in total. The topological polar surface area (TPSA) is 32.7 Å². The van der Waals surface area contributed by atoms with Gasteiger partial charge in [-0.05, 0) is 32.1 Å². The van der Waals surface area contributed by atoms with E-state index in [0.29, 0.717) is 18.7 Å². The fourth-order valence-electron chi connectivity index (χ4n) is 3.05. The van der Waals surface area contributed by atoms with Crippen molar-refractivity contribution in [2.24, 2.45) is 5.92 Å². The van der Waals surface area contributed by atoms with Crippen molar-refractivity contribution in [3.8, 4) is 0 Å². The van der Waals surface area contributed by atoms with Gasteiger partial charge in [-0.1, -0.05) is 13.3 Å². The summed E-state index contributed by atoms with van der Waals surface area (Å²) in [6.45, 7) is 3.47. The lowest BCUT2D eigenvalue weighted by molar-refractivity contribution is -0.169. The molecule has 0 aromatic carbocycles. The molecule has 1 unspecified atom stereocenters. The second-order valence-electron chi connectivity index (χ2n) is 4.87. The molecule has 2 rings (SSSR count). The smallest absolute Gasteiger partial charge is 0.0729 e. The Balaban J connectivity index is 1.92. The number of hydroxylamine groups is 2. The van der Waals surface area contributed by atoms with Crippen molar-refractivity contribution in [2.45, 2.75) is 57.5 Å². The Kier molecular flexibility index (Phi) is 4.00. The van der Waals surface area contributed by atoms with E-state index in [1.807, 2.05) is 0 Å². The van der Waals surface area contributed by atoms with E-state index in [0.717, 1.165) is 25.4 Å². The highest BCUT2D eigenvalue weighted by molar-refractivity contribution is 4.89. The van der Waals surface area contributed by atoms with E-state index >= 15 is 0 Å². The fraction of sp³-hybridized carbons (Fsp3) is 1.00. The SMILES string of the molecule is CCC[C@@H]1CC[C@@H]2CON1[C@H]2CCCO. The molecule has 3 heteroatoms. The molecule has 0 aromatic rings. The van der Waals surface area contributed by atoms with E-state index in [1.54, 1.807) is 0 Å². The quantitative estimate of drug-likeness (QED) is 0.757. The number of fused-ring (bicyclic) bond motifs is 2. The lowest BCUT2D eigenvalue weighted by Gasteiger charge is -2.37. The lowest BCUT2D eigenvalue weighted by atomic mass is 9.85. The summed E-state index contributed by atoms with van der Waals surface area (Å²) in [5.41, 5.74) is 0. The molecule has 2 fully saturated rings. The highest BCUT2D eigenvalue weighted by atomic mass is 16.7. The number of hydrogen-bond acceptors (Lipinski definition) is 3. The summed E-state index contributed by atoms with van der Waals surface area (Å²) < 4.78 is 0. The monoisotopic (exact) mass is 213 g/mol. The maximum atomic E-state index is 8.90. The van der Waals surface area contributed by atoms with Gasteiger partial charge in [-0.2, -0.15) is 5.06 Å². The molecule has 4 atom stereocenters. The molecule has 0 aromatic heterocycles. The number of hydrogen-bond donors (Lipinski definition) is 1. The van der Waals surface area contributed by atoms with Crippen LogP contribution in [0.3, 0.4) is 0 Å². The minimum atomic E-state index is 0.315. The van der Waals surface area contributed by atoms with E-state index < -0.39 is 0 Å². The summed E-state index contributed by atoms with van der Waals surface area (Å²) >= 11 is 0. The van der Waals surface area contributed by atoms with Gasteiger partial charge in [-0.3, -0.25) is 4.84 Å². The fourth-order valence-corrected chi connectivity index (χ4v) is 3.05. The molecular formula is C12H23NO2. The number of aliphatic hydroxyl groups is 1. The van der Waals surface area contributed by atoms with E-state index in [2.05, 4.69) is 12.0 Å². The van der Waals surface area contributed by atoms with Crippen LogP contribution in [0.2, 0.25) is 0 Å². The predicted molar refractivity (Wildman–Crippen MR) is 59.3 cm³/mol. The summed E-state index contributed by atoms with van der Waals surface area (Å²) in [5, 5.41) is 11.2. The molecule has 2 bridgehead atoms. The Hall–Kier alpha value is -0.120. The molecule has 2 heterocycles. The number of rotatable bonds is 5. The lowest BCUT2D eigenvalue weighted by Crippen LogP contribution is -2.44. The number of piperidine rings is 1. The largest absolute Gasteiger partial charge is 0.396 e. The maximum absolute atomic E-state index is 8.90. The molecule has 2 aliphatic heterocycles. The first-order valence-corrected chi connectivity index (χ1v) is 6.39. The average Bonchev–Trinajstić information content (AvgIpc) is 2.53. The van der Waals surface area contributed by atoms with Crippen molar-refractivity contribution in [3.05, 3.63) is 0 Å². The van der Waals surface area contributed by atoms with Crippen LogP contribution in [0.15, 0.2) is 0 Å². The molecule has 1 N–H and O–H groups in total. The first kappa shape index (κ1) is 11.4. The standard InChI is InChI=1S/C12H23NO2/c1-2-4-11-7-6-10-9-15-13(11)12(10)5-3-8-14/h10-12,14H,2-9H2,1H3/t10-,11-,12+/m1/s1. The van der Waals surface area contributed by atoms with E-state index in [-0.39, 0.29) is 0 Å². The molecule has 0 radical (unpaired) electrons. The number of aliphatic hydroxyl groups excluding tert-OH is 1. The third-order valence-electron chi connectivity index (χ3n) is 3.82. The molecule has 0 amide bonds. The van der Waals surface area contributed by atoms with Gasteiger partial charge < -0.3 is 5.11 Å². The molecular weight excluding hydrogens is 190 g/mol. The Morgan fingerprint density at radius 3 is 2.93 bits per heavy atom. The highest BCUT2D eigenvalue weighted by Gasteiger charge is 2.42. The summed E-state index contributed by atoms with van der Waals surface area (Å²) in [6, 6.07) is 1.22. The van der Waals surface area contributed by atoms with Gasteiger partial charge in [0.05, 0.1) is 6.61 Å². The zero-order valence-corrected chi connectivity index (χ0v) is 9.69. The van der Waals surface area contributed by atoms with Gasteiger partial charge in [0.1, 0.15) is 0 Å². The minimum absolute atomic E-state index is 0.315. The van der Waals surface area contributed by atoms with Crippen LogP contribution in [0, 0.1) is 5.92 Å².